The number of ether oxygens (including phenoxy) is 1. The summed E-state index contributed by atoms with van der Waals surface area (Å²) in [6, 6.07) is 12.0. The molecule has 7 heteroatoms. The highest BCUT2D eigenvalue weighted by Crippen LogP contribution is 2.16. The van der Waals surface area contributed by atoms with E-state index in [1.807, 2.05) is 50.6 Å². The number of aromatic nitrogens is 1. The fourth-order valence-electron chi connectivity index (χ4n) is 3.31. The van der Waals surface area contributed by atoms with Gasteiger partial charge in [0.25, 0.3) is 5.91 Å². The SMILES string of the molecule is CN=C(NCc1cccc(NC(=O)C2CCCO2)c1)N(C)Cc1cccn1C. The minimum absolute atomic E-state index is 0.0688. The summed E-state index contributed by atoms with van der Waals surface area (Å²) in [6.45, 7) is 2.05. The lowest BCUT2D eigenvalue weighted by Crippen LogP contribution is -2.38. The molecule has 1 atom stereocenters. The standard InChI is InChI=1S/C21H29N5O2/c1-22-21(26(3)15-18-9-5-11-25(18)2)23-14-16-7-4-8-17(13-16)24-20(27)19-10-6-12-28-19/h4-5,7-9,11,13,19H,6,10,12,14-15H2,1-3H3,(H,22,23)(H,24,27). The summed E-state index contributed by atoms with van der Waals surface area (Å²) in [5.74, 6) is 0.746. The van der Waals surface area contributed by atoms with Crippen molar-refractivity contribution in [3.63, 3.8) is 0 Å². The highest BCUT2D eigenvalue weighted by atomic mass is 16.5. The van der Waals surface area contributed by atoms with Crippen molar-refractivity contribution in [2.24, 2.45) is 12.0 Å². The summed E-state index contributed by atoms with van der Waals surface area (Å²) in [7, 11) is 5.83. The Hall–Kier alpha value is -2.80. The Balaban J connectivity index is 1.55. The molecule has 3 rings (SSSR count). The lowest BCUT2D eigenvalue weighted by molar-refractivity contribution is -0.124. The van der Waals surface area contributed by atoms with Gasteiger partial charge in [-0.1, -0.05) is 12.1 Å². The maximum absolute atomic E-state index is 12.2. The van der Waals surface area contributed by atoms with Crippen molar-refractivity contribution >= 4 is 17.6 Å². The molecule has 1 unspecified atom stereocenters. The Morgan fingerprint density at radius 3 is 2.89 bits per heavy atom. The topological polar surface area (TPSA) is 70.9 Å². The van der Waals surface area contributed by atoms with E-state index in [1.165, 1.54) is 5.69 Å². The molecule has 0 spiro atoms. The van der Waals surface area contributed by atoms with E-state index in [0.29, 0.717) is 13.2 Å². The number of nitrogens with one attached hydrogen (secondary N) is 2. The van der Waals surface area contributed by atoms with E-state index >= 15 is 0 Å². The first-order valence-electron chi connectivity index (χ1n) is 9.60. The molecule has 1 aromatic heterocycles. The van der Waals surface area contributed by atoms with Gasteiger partial charge in [-0.15, -0.1) is 0 Å². The third kappa shape index (κ3) is 5.13. The van der Waals surface area contributed by atoms with Crippen LogP contribution >= 0.6 is 0 Å². The van der Waals surface area contributed by atoms with E-state index in [0.717, 1.165) is 36.6 Å². The van der Waals surface area contributed by atoms with Gasteiger partial charge in [0.05, 0.1) is 6.54 Å². The molecule has 7 nitrogen and oxygen atoms in total. The highest BCUT2D eigenvalue weighted by Gasteiger charge is 2.23. The molecule has 2 N–H and O–H groups in total. The van der Waals surface area contributed by atoms with Crippen molar-refractivity contribution in [3.05, 3.63) is 53.9 Å². The number of carbonyl (C=O) groups excluding carboxylic acids is 1. The molecule has 0 saturated carbocycles. The molecule has 1 amide bonds. The molecular formula is C21H29N5O2. The molecule has 1 saturated heterocycles. The molecule has 1 fully saturated rings. The Morgan fingerprint density at radius 1 is 1.36 bits per heavy atom. The zero-order valence-corrected chi connectivity index (χ0v) is 16.8. The van der Waals surface area contributed by atoms with Crippen LogP contribution in [-0.4, -0.2) is 48.1 Å². The minimum atomic E-state index is -0.327. The number of hydrogen-bond acceptors (Lipinski definition) is 3. The molecule has 150 valence electrons. The summed E-state index contributed by atoms with van der Waals surface area (Å²) < 4.78 is 7.54. The summed E-state index contributed by atoms with van der Waals surface area (Å²) in [6.07, 6.45) is 3.44. The van der Waals surface area contributed by atoms with Gasteiger partial charge in [-0.3, -0.25) is 9.79 Å². The first-order valence-corrected chi connectivity index (χ1v) is 9.60. The predicted molar refractivity (Wildman–Crippen MR) is 111 cm³/mol. The van der Waals surface area contributed by atoms with Crippen LogP contribution in [-0.2, 0) is 29.7 Å². The summed E-state index contributed by atoms with van der Waals surface area (Å²) in [5.41, 5.74) is 3.06. The number of nitrogens with zero attached hydrogens (tertiary/aromatic N) is 3. The zero-order chi connectivity index (χ0) is 19.9. The predicted octanol–water partition coefficient (Wildman–Crippen LogP) is 2.35. The lowest BCUT2D eigenvalue weighted by Gasteiger charge is -2.22. The average Bonchev–Trinajstić information content (AvgIpc) is 3.35. The second-order valence-electron chi connectivity index (χ2n) is 7.06. The van der Waals surface area contributed by atoms with E-state index in [4.69, 9.17) is 4.74 Å². The van der Waals surface area contributed by atoms with Crippen molar-refractivity contribution in [3.8, 4) is 0 Å². The van der Waals surface area contributed by atoms with Gasteiger partial charge in [0.2, 0.25) is 0 Å². The van der Waals surface area contributed by atoms with Crippen LogP contribution in [0.4, 0.5) is 5.69 Å². The van der Waals surface area contributed by atoms with Crippen LogP contribution < -0.4 is 10.6 Å². The van der Waals surface area contributed by atoms with Crippen LogP contribution in [0.15, 0.2) is 47.6 Å². The first kappa shape index (κ1) is 19.9. The van der Waals surface area contributed by atoms with Crippen molar-refractivity contribution in [2.75, 3.05) is 26.0 Å². The van der Waals surface area contributed by atoms with Crippen LogP contribution in [0.5, 0.6) is 0 Å². The third-order valence-electron chi connectivity index (χ3n) is 4.89. The maximum Gasteiger partial charge on any atom is 0.253 e. The van der Waals surface area contributed by atoms with Gasteiger partial charge in [-0.25, -0.2) is 0 Å². The molecular weight excluding hydrogens is 354 g/mol. The van der Waals surface area contributed by atoms with Crippen molar-refractivity contribution in [1.29, 1.82) is 0 Å². The van der Waals surface area contributed by atoms with Crippen LogP contribution in [0.25, 0.3) is 0 Å². The Morgan fingerprint density at radius 2 is 2.21 bits per heavy atom. The molecule has 0 aliphatic carbocycles. The Labute approximate surface area is 166 Å². The number of anilines is 1. The summed E-state index contributed by atoms with van der Waals surface area (Å²) in [4.78, 5) is 18.7. The second kappa shape index (κ2) is 9.41. The fourth-order valence-corrected chi connectivity index (χ4v) is 3.31. The maximum atomic E-state index is 12.2. The van der Waals surface area contributed by atoms with E-state index < -0.39 is 0 Å². The molecule has 2 heterocycles. The van der Waals surface area contributed by atoms with Crippen molar-refractivity contribution in [2.45, 2.75) is 32.0 Å². The lowest BCUT2D eigenvalue weighted by atomic mass is 10.2. The van der Waals surface area contributed by atoms with Gasteiger partial charge in [-0.2, -0.15) is 0 Å². The molecule has 0 bridgehead atoms. The molecule has 28 heavy (non-hydrogen) atoms. The number of guanidine groups is 1. The van der Waals surface area contributed by atoms with Crippen LogP contribution in [0.1, 0.15) is 24.1 Å². The fraction of sp³-hybridized carbons (Fsp3) is 0.429. The Kier molecular flexibility index (Phi) is 6.71. The normalized spacial score (nSPS) is 16.8. The summed E-state index contributed by atoms with van der Waals surface area (Å²) >= 11 is 0. The minimum Gasteiger partial charge on any atom is -0.368 e. The van der Waals surface area contributed by atoms with Gasteiger partial charge >= 0.3 is 0 Å². The van der Waals surface area contributed by atoms with E-state index in [1.54, 1.807) is 7.05 Å². The number of carbonyl (C=O) groups is 1. The molecule has 2 aromatic rings. The van der Waals surface area contributed by atoms with Gasteiger partial charge < -0.3 is 24.8 Å². The van der Waals surface area contributed by atoms with Crippen molar-refractivity contribution < 1.29 is 9.53 Å². The van der Waals surface area contributed by atoms with E-state index in [2.05, 4.69) is 31.2 Å². The van der Waals surface area contributed by atoms with E-state index in [9.17, 15) is 4.79 Å². The van der Waals surface area contributed by atoms with Crippen LogP contribution in [0, 0.1) is 0 Å². The van der Waals surface area contributed by atoms with Crippen molar-refractivity contribution in [1.82, 2.24) is 14.8 Å². The number of hydrogen-bond donors (Lipinski definition) is 2. The third-order valence-corrected chi connectivity index (χ3v) is 4.89. The van der Waals surface area contributed by atoms with Gasteiger partial charge in [0, 0.05) is 51.9 Å². The average molecular weight is 383 g/mol. The number of benzene rings is 1. The highest BCUT2D eigenvalue weighted by molar-refractivity contribution is 5.94. The quantitative estimate of drug-likeness (QED) is 0.593. The smallest absolute Gasteiger partial charge is 0.253 e. The van der Waals surface area contributed by atoms with Gasteiger partial charge in [-0.05, 0) is 42.7 Å². The molecule has 1 aromatic carbocycles. The molecule has 1 aliphatic rings. The van der Waals surface area contributed by atoms with Crippen LogP contribution in [0.3, 0.4) is 0 Å². The van der Waals surface area contributed by atoms with Crippen LogP contribution in [0.2, 0.25) is 0 Å². The van der Waals surface area contributed by atoms with Gasteiger partial charge in [0.15, 0.2) is 5.96 Å². The monoisotopic (exact) mass is 383 g/mol. The number of rotatable bonds is 6. The number of aryl methyl sites for hydroxylation is 1. The van der Waals surface area contributed by atoms with E-state index in [-0.39, 0.29) is 12.0 Å². The number of amides is 1. The number of aliphatic imine (C=N–C) groups is 1. The largest absolute Gasteiger partial charge is 0.368 e. The first-order chi connectivity index (χ1) is 13.6. The second-order valence-corrected chi connectivity index (χ2v) is 7.06. The summed E-state index contributed by atoms with van der Waals surface area (Å²) in [5, 5.41) is 6.33. The Bertz CT molecular complexity index is 824. The van der Waals surface area contributed by atoms with Gasteiger partial charge in [0.1, 0.15) is 6.10 Å². The zero-order valence-electron chi connectivity index (χ0n) is 16.8. The molecule has 1 aliphatic heterocycles. The molecule has 0 radical (unpaired) electrons.